The molecule has 2 aromatic carbocycles. The molecule has 2 aromatic heterocycles. The monoisotopic (exact) mass is 349 g/mol. The highest BCUT2D eigenvalue weighted by atomic mass is 32.1. The van der Waals surface area contributed by atoms with Gasteiger partial charge in [0, 0.05) is 10.9 Å². The normalized spacial score (nSPS) is 11.6. The third-order valence-electron chi connectivity index (χ3n) is 3.69. The van der Waals surface area contributed by atoms with Crippen molar-refractivity contribution < 1.29 is 4.74 Å². The van der Waals surface area contributed by atoms with E-state index in [1.807, 2.05) is 63.9 Å². The molecule has 0 radical (unpaired) electrons. The Morgan fingerprint density at radius 3 is 2.36 bits per heavy atom. The molecule has 0 saturated heterocycles. The fraction of sp³-hybridized carbons (Fsp3) is 0.0556. The maximum absolute atomic E-state index is 5.24. The number of benzene rings is 2. The molecule has 0 aliphatic rings. The van der Waals surface area contributed by atoms with Gasteiger partial charge in [0.2, 0.25) is 4.80 Å². The highest BCUT2D eigenvalue weighted by Crippen LogP contribution is 2.23. The minimum Gasteiger partial charge on any atom is -0.497 e. The van der Waals surface area contributed by atoms with Crippen LogP contribution in [0.3, 0.4) is 0 Å². The first-order valence-electron chi connectivity index (χ1n) is 7.65. The second kappa shape index (κ2) is 6.74. The van der Waals surface area contributed by atoms with Gasteiger partial charge in [-0.15, -0.1) is 21.5 Å². The maximum atomic E-state index is 5.24. The van der Waals surface area contributed by atoms with Crippen LogP contribution in [-0.4, -0.2) is 26.7 Å². The van der Waals surface area contributed by atoms with Crippen LogP contribution in [0.5, 0.6) is 5.75 Å². The van der Waals surface area contributed by atoms with Crippen LogP contribution in [0.1, 0.15) is 0 Å². The minimum absolute atomic E-state index is 0.823. The van der Waals surface area contributed by atoms with Crippen LogP contribution < -0.4 is 9.54 Å². The molecule has 0 spiro atoms. The van der Waals surface area contributed by atoms with Crippen molar-refractivity contribution in [1.29, 1.82) is 0 Å². The van der Waals surface area contributed by atoms with Gasteiger partial charge in [-0.1, -0.05) is 18.2 Å². The van der Waals surface area contributed by atoms with Crippen LogP contribution in [0.4, 0.5) is 5.69 Å². The first-order valence-corrected chi connectivity index (χ1v) is 8.53. The van der Waals surface area contributed by atoms with E-state index in [0.29, 0.717) is 0 Å². The van der Waals surface area contributed by atoms with Gasteiger partial charge in [0.15, 0.2) is 0 Å². The Bertz CT molecular complexity index is 1020. The highest BCUT2D eigenvalue weighted by Gasteiger charge is 2.10. The molecule has 0 N–H and O–H groups in total. The smallest absolute Gasteiger partial charge is 0.210 e. The van der Waals surface area contributed by atoms with Gasteiger partial charge >= 0.3 is 0 Å². The molecule has 0 aliphatic heterocycles. The molecule has 0 bridgehead atoms. The Morgan fingerprint density at radius 1 is 0.960 bits per heavy atom. The third-order valence-corrected chi connectivity index (χ3v) is 4.51. The molecule has 124 valence electrons. The van der Waals surface area contributed by atoms with E-state index in [4.69, 9.17) is 9.73 Å². The zero-order valence-corrected chi connectivity index (χ0v) is 14.3. The van der Waals surface area contributed by atoms with Crippen molar-refractivity contribution in [3.05, 3.63) is 77.4 Å². The lowest BCUT2D eigenvalue weighted by atomic mass is 10.2. The van der Waals surface area contributed by atoms with Crippen molar-refractivity contribution in [1.82, 2.24) is 19.5 Å². The summed E-state index contributed by atoms with van der Waals surface area (Å²) in [5.41, 5.74) is 2.95. The van der Waals surface area contributed by atoms with E-state index in [1.165, 1.54) is 0 Å². The predicted molar refractivity (Wildman–Crippen MR) is 96.8 cm³/mol. The van der Waals surface area contributed by atoms with Crippen molar-refractivity contribution in [3.8, 4) is 17.0 Å². The molecule has 7 heteroatoms. The lowest BCUT2D eigenvalue weighted by Crippen LogP contribution is -2.21. The second-order valence-electron chi connectivity index (χ2n) is 5.23. The first kappa shape index (κ1) is 15.3. The van der Waals surface area contributed by atoms with E-state index in [2.05, 4.69) is 15.6 Å². The average molecular weight is 349 g/mol. The van der Waals surface area contributed by atoms with E-state index in [-0.39, 0.29) is 0 Å². The summed E-state index contributed by atoms with van der Waals surface area (Å²) in [6, 6.07) is 17.8. The van der Waals surface area contributed by atoms with Crippen LogP contribution in [0.25, 0.3) is 11.3 Å². The van der Waals surface area contributed by atoms with Gasteiger partial charge in [-0.25, -0.2) is 14.3 Å². The molecule has 4 rings (SSSR count). The number of thiazole rings is 1. The fourth-order valence-corrected chi connectivity index (χ4v) is 3.38. The van der Waals surface area contributed by atoms with Crippen molar-refractivity contribution in [2.45, 2.75) is 0 Å². The topological polar surface area (TPSA) is 57.2 Å². The first-order chi connectivity index (χ1) is 12.3. The molecule has 6 nitrogen and oxygen atoms in total. The molecule has 0 fully saturated rings. The average Bonchev–Trinajstić information content (AvgIpc) is 3.32. The van der Waals surface area contributed by atoms with Gasteiger partial charge in [0.1, 0.15) is 18.4 Å². The van der Waals surface area contributed by atoms with Gasteiger partial charge in [-0.05, 0) is 36.4 Å². The van der Waals surface area contributed by atoms with E-state index in [1.54, 1.807) is 31.1 Å². The molecule has 25 heavy (non-hydrogen) atoms. The SMILES string of the molecule is COc1ccc(-c2csc(=Nc3ccccc3)n2-n2cnnc2)cc1. The van der Waals surface area contributed by atoms with Crippen molar-refractivity contribution in [3.63, 3.8) is 0 Å². The summed E-state index contributed by atoms with van der Waals surface area (Å²) in [6.45, 7) is 0. The summed E-state index contributed by atoms with van der Waals surface area (Å²) in [7, 11) is 1.66. The standard InChI is InChI=1S/C18H15N5OS/c1-24-16-9-7-14(8-10-16)17-11-25-18(21-15-5-3-2-4-6-15)23(17)22-12-19-20-13-22/h2-13H,1H3. The van der Waals surface area contributed by atoms with E-state index < -0.39 is 0 Å². The van der Waals surface area contributed by atoms with Crippen LogP contribution >= 0.6 is 11.3 Å². The number of rotatable bonds is 4. The number of para-hydroxylation sites is 1. The summed E-state index contributed by atoms with van der Waals surface area (Å²) in [6.07, 6.45) is 3.31. The van der Waals surface area contributed by atoms with Gasteiger partial charge < -0.3 is 4.74 Å². The van der Waals surface area contributed by atoms with Crippen molar-refractivity contribution >= 4 is 17.0 Å². The Hall–Kier alpha value is -3.19. The summed E-state index contributed by atoms with van der Waals surface area (Å²) in [5, 5.41) is 9.92. The Morgan fingerprint density at radius 2 is 1.68 bits per heavy atom. The highest BCUT2D eigenvalue weighted by molar-refractivity contribution is 7.07. The predicted octanol–water partition coefficient (Wildman–Crippen LogP) is 3.36. The van der Waals surface area contributed by atoms with E-state index in [9.17, 15) is 0 Å². The number of nitrogens with zero attached hydrogens (tertiary/aromatic N) is 5. The van der Waals surface area contributed by atoms with Gasteiger partial charge in [0.25, 0.3) is 0 Å². The second-order valence-corrected chi connectivity index (χ2v) is 6.07. The molecule has 2 heterocycles. The molecule has 0 amide bonds. The van der Waals surface area contributed by atoms with Gasteiger partial charge in [0.05, 0.1) is 18.5 Å². The van der Waals surface area contributed by atoms with Crippen molar-refractivity contribution in [2.24, 2.45) is 4.99 Å². The number of hydrogen-bond donors (Lipinski definition) is 0. The van der Waals surface area contributed by atoms with Crippen LogP contribution in [0.15, 0.2) is 77.6 Å². The number of methoxy groups -OCH3 is 1. The molecule has 0 aliphatic carbocycles. The van der Waals surface area contributed by atoms with Crippen LogP contribution in [-0.2, 0) is 0 Å². The zero-order valence-electron chi connectivity index (χ0n) is 13.5. The summed E-state index contributed by atoms with van der Waals surface area (Å²) in [4.78, 5) is 5.59. The number of aromatic nitrogens is 4. The Balaban J connectivity index is 1.89. The van der Waals surface area contributed by atoms with Crippen LogP contribution in [0, 0.1) is 0 Å². The zero-order chi connectivity index (χ0) is 17.1. The fourth-order valence-electron chi connectivity index (χ4n) is 2.47. The van der Waals surface area contributed by atoms with Gasteiger partial charge in [-0.3, -0.25) is 0 Å². The molecule has 4 aromatic rings. The molecule has 0 atom stereocenters. The Kier molecular flexibility index (Phi) is 4.14. The van der Waals surface area contributed by atoms with Gasteiger partial charge in [-0.2, -0.15) is 0 Å². The van der Waals surface area contributed by atoms with E-state index >= 15 is 0 Å². The van der Waals surface area contributed by atoms with Crippen LogP contribution in [0.2, 0.25) is 0 Å². The summed E-state index contributed by atoms with van der Waals surface area (Å²) in [5.74, 6) is 0.823. The largest absolute Gasteiger partial charge is 0.497 e. The minimum atomic E-state index is 0.823. The summed E-state index contributed by atoms with van der Waals surface area (Å²) >= 11 is 1.56. The lowest BCUT2D eigenvalue weighted by Gasteiger charge is -2.09. The molecule has 0 unspecified atom stereocenters. The number of ether oxygens (including phenoxy) is 1. The molecular weight excluding hydrogens is 334 g/mol. The maximum Gasteiger partial charge on any atom is 0.210 e. The third kappa shape index (κ3) is 3.09. The summed E-state index contributed by atoms with van der Waals surface area (Å²) < 4.78 is 9.05. The van der Waals surface area contributed by atoms with E-state index in [0.717, 1.165) is 27.5 Å². The Labute approximate surface area is 148 Å². The lowest BCUT2D eigenvalue weighted by molar-refractivity contribution is 0.415. The quantitative estimate of drug-likeness (QED) is 0.568. The molecular formula is C18H15N5OS. The number of hydrogen-bond acceptors (Lipinski definition) is 5. The van der Waals surface area contributed by atoms with Crippen molar-refractivity contribution in [2.75, 3.05) is 7.11 Å². The molecule has 0 saturated carbocycles.